The molecule has 6 aromatic rings. The number of pyridine rings is 1. The summed E-state index contributed by atoms with van der Waals surface area (Å²) in [5.41, 5.74) is 6.84. The van der Waals surface area contributed by atoms with Crippen LogP contribution in [0.15, 0.2) is 103 Å². The fourth-order valence-electron chi connectivity index (χ4n) is 6.34. The van der Waals surface area contributed by atoms with Crippen LogP contribution >= 0.6 is 0 Å². The van der Waals surface area contributed by atoms with Crippen LogP contribution in [-0.2, 0) is 5.41 Å². The van der Waals surface area contributed by atoms with Crippen molar-refractivity contribution in [2.24, 2.45) is 0 Å². The summed E-state index contributed by atoms with van der Waals surface area (Å²) in [7, 11) is 0. The highest BCUT2D eigenvalue weighted by Gasteiger charge is 2.40. The third-order valence-corrected chi connectivity index (χ3v) is 8.13. The molecule has 0 spiro atoms. The molecule has 0 unspecified atom stereocenters. The molecule has 0 saturated heterocycles. The van der Waals surface area contributed by atoms with Crippen LogP contribution in [0, 0.1) is 0 Å². The topological polar surface area (TPSA) is 31.4 Å². The van der Waals surface area contributed by atoms with Gasteiger partial charge >= 0.3 is 0 Å². The average molecular weight is 503 g/mol. The van der Waals surface area contributed by atoms with Gasteiger partial charge in [-0.2, -0.15) is 0 Å². The molecule has 0 fully saturated rings. The molecule has 1 aromatic heterocycles. The van der Waals surface area contributed by atoms with E-state index in [-0.39, 0.29) is 12.1 Å². The molecule has 2 aliphatic rings. The molecule has 2 aliphatic heterocycles. The van der Waals surface area contributed by atoms with Gasteiger partial charge in [0.2, 0.25) is 0 Å². The zero-order valence-electron chi connectivity index (χ0n) is 22.2. The van der Waals surface area contributed by atoms with Gasteiger partial charge in [-0.25, -0.2) is 0 Å². The third-order valence-electron chi connectivity index (χ3n) is 8.13. The first-order chi connectivity index (χ1) is 19.0. The van der Waals surface area contributed by atoms with Gasteiger partial charge in [0.1, 0.15) is 23.0 Å². The molecule has 3 nitrogen and oxygen atoms in total. The number of rotatable bonds is 1. The standard InChI is InChI=1S/C35H26BNO2/c1-35(2,3)26-18-23(17-21-9-4-5-10-24(21)26)34-25-20-32-28(19-22(25)15-16-37-34)36-27-11-6-7-12-29(27)38-30-13-8-14-31(39-32)33(30)36/h4-20H,1-3H3. The minimum atomic E-state index is 0.000332. The van der Waals surface area contributed by atoms with Crippen molar-refractivity contribution in [2.75, 3.05) is 0 Å². The highest BCUT2D eigenvalue weighted by molar-refractivity contribution is 6.98. The van der Waals surface area contributed by atoms with E-state index in [1.165, 1.54) is 21.8 Å². The van der Waals surface area contributed by atoms with Crippen LogP contribution in [0.5, 0.6) is 23.0 Å². The van der Waals surface area contributed by atoms with E-state index in [4.69, 9.17) is 14.5 Å². The highest BCUT2D eigenvalue weighted by atomic mass is 16.5. The van der Waals surface area contributed by atoms with Crippen LogP contribution in [-0.4, -0.2) is 11.7 Å². The molecule has 5 aromatic carbocycles. The molecular weight excluding hydrogens is 477 g/mol. The second kappa shape index (κ2) is 7.97. The van der Waals surface area contributed by atoms with Crippen molar-refractivity contribution in [3.63, 3.8) is 0 Å². The van der Waals surface area contributed by atoms with E-state index < -0.39 is 0 Å². The van der Waals surface area contributed by atoms with E-state index in [1.54, 1.807) is 0 Å². The van der Waals surface area contributed by atoms with Gasteiger partial charge in [0.15, 0.2) is 0 Å². The lowest BCUT2D eigenvalue weighted by atomic mass is 9.35. The van der Waals surface area contributed by atoms with Crippen LogP contribution < -0.4 is 25.9 Å². The predicted molar refractivity (Wildman–Crippen MR) is 161 cm³/mol. The predicted octanol–water partition coefficient (Wildman–Crippen LogP) is 7.08. The quantitative estimate of drug-likeness (QED) is 0.224. The lowest BCUT2D eigenvalue weighted by Crippen LogP contribution is -2.57. The van der Waals surface area contributed by atoms with E-state index in [9.17, 15) is 0 Å². The fourth-order valence-corrected chi connectivity index (χ4v) is 6.34. The maximum atomic E-state index is 6.58. The first-order valence-electron chi connectivity index (χ1n) is 13.5. The molecule has 0 atom stereocenters. The molecule has 4 heteroatoms. The Labute approximate surface area is 228 Å². The average Bonchev–Trinajstić information content (AvgIpc) is 2.94. The van der Waals surface area contributed by atoms with Gasteiger partial charge in [0.25, 0.3) is 6.71 Å². The highest BCUT2D eigenvalue weighted by Crippen LogP contribution is 2.39. The lowest BCUT2D eigenvalue weighted by molar-refractivity contribution is 0.465. The molecule has 8 rings (SSSR count). The third kappa shape index (κ3) is 3.34. The Hall–Kier alpha value is -4.57. The van der Waals surface area contributed by atoms with Gasteiger partial charge < -0.3 is 9.47 Å². The van der Waals surface area contributed by atoms with E-state index in [0.29, 0.717) is 0 Å². The molecule has 0 N–H and O–H groups in total. The number of hydrogen-bond donors (Lipinski definition) is 0. The summed E-state index contributed by atoms with van der Waals surface area (Å²) in [6, 6.07) is 34.2. The molecule has 0 amide bonds. The Kier molecular flexibility index (Phi) is 4.58. The number of hydrogen-bond acceptors (Lipinski definition) is 3. The molecule has 0 aliphatic carbocycles. The summed E-state index contributed by atoms with van der Waals surface area (Å²) in [6.45, 7) is 6.88. The molecule has 39 heavy (non-hydrogen) atoms. The zero-order chi connectivity index (χ0) is 26.3. The van der Waals surface area contributed by atoms with E-state index in [2.05, 4.69) is 93.6 Å². The second-order valence-corrected chi connectivity index (χ2v) is 11.6. The Balaban J connectivity index is 1.37. The number of fused-ring (bicyclic) bond motifs is 6. The number of benzene rings is 5. The number of ether oxygens (including phenoxy) is 2. The Morgan fingerprint density at radius 1 is 0.615 bits per heavy atom. The van der Waals surface area contributed by atoms with Crippen LogP contribution in [0.3, 0.4) is 0 Å². The summed E-state index contributed by atoms with van der Waals surface area (Å²) in [5.74, 6) is 3.49. The van der Waals surface area contributed by atoms with Crippen LogP contribution in [0.4, 0.5) is 0 Å². The van der Waals surface area contributed by atoms with E-state index >= 15 is 0 Å². The number of nitrogens with zero attached hydrogens (tertiary/aromatic N) is 1. The van der Waals surface area contributed by atoms with Crippen LogP contribution in [0.25, 0.3) is 32.8 Å². The minimum Gasteiger partial charge on any atom is -0.458 e. The van der Waals surface area contributed by atoms with Crippen molar-refractivity contribution in [1.29, 1.82) is 0 Å². The van der Waals surface area contributed by atoms with Gasteiger partial charge in [-0.15, -0.1) is 0 Å². The molecule has 3 heterocycles. The molecule has 186 valence electrons. The Bertz CT molecular complexity index is 1970. The SMILES string of the molecule is CC(C)(C)c1cc(-c2nccc3cc4c(cc23)Oc2cccc3c2B4c2ccccc2O3)cc2ccccc12. The number of para-hydroxylation sites is 1. The molecule has 0 bridgehead atoms. The molecular formula is C35H26BNO2. The largest absolute Gasteiger partial charge is 0.458 e. The summed E-state index contributed by atoms with van der Waals surface area (Å²) < 4.78 is 12.9. The fraction of sp³-hybridized carbons (Fsp3) is 0.114. The minimum absolute atomic E-state index is 0.000332. The van der Waals surface area contributed by atoms with Gasteiger partial charge in [-0.05, 0) is 80.5 Å². The normalized spacial score (nSPS) is 13.4. The van der Waals surface area contributed by atoms with Gasteiger partial charge in [0.05, 0.1) is 5.69 Å². The van der Waals surface area contributed by atoms with Crippen molar-refractivity contribution in [3.05, 3.63) is 109 Å². The van der Waals surface area contributed by atoms with Crippen LogP contribution in [0.2, 0.25) is 0 Å². The van der Waals surface area contributed by atoms with E-state index in [1.807, 2.05) is 30.5 Å². The first kappa shape index (κ1) is 22.4. The Morgan fingerprint density at radius 2 is 1.33 bits per heavy atom. The number of aromatic nitrogens is 1. The maximum absolute atomic E-state index is 6.58. The molecule has 0 saturated carbocycles. The Morgan fingerprint density at radius 3 is 2.18 bits per heavy atom. The lowest BCUT2D eigenvalue weighted by Gasteiger charge is -2.33. The van der Waals surface area contributed by atoms with Crippen molar-refractivity contribution < 1.29 is 9.47 Å². The summed E-state index contributed by atoms with van der Waals surface area (Å²) in [6.07, 6.45) is 1.93. The van der Waals surface area contributed by atoms with E-state index in [0.717, 1.165) is 56.0 Å². The van der Waals surface area contributed by atoms with Gasteiger partial charge in [-0.3, -0.25) is 4.98 Å². The summed E-state index contributed by atoms with van der Waals surface area (Å²) in [5, 5.41) is 4.76. The summed E-state index contributed by atoms with van der Waals surface area (Å²) in [4.78, 5) is 4.93. The van der Waals surface area contributed by atoms with Crippen molar-refractivity contribution in [1.82, 2.24) is 4.98 Å². The van der Waals surface area contributed by atoms with Crippen LogP contribution in [0.1, 0.15) is 26.3 Å². The summed E-state index contributed by atoms with van der Waals surface area (Å²) >= 11 is 0. The smallest absolute Gasteiger partial charge is 0.260 e. The molecule has 0 radical (unpaired) electrons. The van der Waals surface area contributed by atoms with Crippen molar-refractivity contribution >= 4 is 44.6 Å². The van der Waals surface area contributed by atoms with Gasteiger partial charge in [0, 0.05) is 22.6 Å². The van der Waals surface area contributed by atoms with Crippen molar-refractivity contribution in [3.8, 4) is 34.3 Å². The van der Waals surface area contributed by atoms with Gasteiger partial charge in [-0.1, -0.05) is 75.4 Å². The first-order valence-corrected chi connectivity index (χ1v) is 13.5. The van der Waals surface area contributed by atoms with Crippen molar-refractivity contribution in [2.45, 2.75) is 26.2 Å². The monoisotopic (exact) mass is 503 g/mol. The zero-order valence-corrected chi connectivity index (χ0v) is 22.2. The second-order valence-electron chi connectivity index (χ2n) is 11.6. The maximum Gasteiger partial charge on any atom is 0.260 e.